The Kier molecular flexibility index (Phi) is 4.68. The summed E-state index contributed by atoms with van der Waals surface area (Å²) in [5, 5.41) is 14.9. The van der Waals surface area contributed by atoms with Gasteiger partial charge in [0.05, 0.1) is 6.10 Å². The fourth-order valence-corrected chi connectivity index (χ4v) is 1.74. The number of anilines is 1. The Morgan fingerprint density at radius 2 is 1.75 bits per heavy atom. The maximum Gasteiger partial charge on any atom is 0.319 e. The van der Waals surface area contributed by atoms with Gasteiger partial charge in [0.1, 0.15) is 5.82 Å². The standard InChI is InChI=1S/C15H15FN2O2/c16-13-9-5-4-8-12(13)14(19)10-17-15(20)18-11-6-2-1-3-7-11/h1-9,14,19H,10H2,(H2,17,18,20)/t14-/m0/s1. The van der Waals surface area contributed by atoms with E-state index < -0.39 is 18.0 Å². The molecule has 0 heterocycles. The SMILES string of the molecule is O=C(NC[C@H](O)c1ccccc1F)Nc1ccccc1. The number of benzene rings is 2. The van der Waals surface area contributed by atoms with E-state index in [4.69, 9.17) is 0 Å². The van der Waals surface area contributed by atoms with Gasteiger partial charge < -0.3 is 15.7 Å². The van der Waals surface area contributed by atoms with E-state index in [1.807, 2.05) is 6.07 Å². The van der Waals surface area contributed by atoms with Crippen LogP contribution in [0.4, 0.5) is 14.9 Å². The minimum Gasteiger partial charge on any atom is -0.386 e. The monoisotopic (exact) mass is 274 g/mol. The molecule has 0 fully saturated rings. The summed E-state index contributed by atoms with van der Waals surface area (Å²) in [6, 6.07) is 14.4. The third kappa shape index (κ3) is 3.80. The van der Waals surface area contributed by atoms with Crippen molar-refractivity contribution < 1.29 is 14.3 Å². The van der Waals surface area contributed by atoms with Crippen LogP contribution in [0.2, 0.25) is 0 Å². The second-order valence-electron chi connectivity index (χ2n) is 4.24. The van der Waals surface area contributed by atoms with Gasteiger partial charge in [-0.25, -0.2) is 9.18 Å². The number of carbonyl (C=O) groups is 1. The molecule has 2 rings (SSSR count). The van der Waals surface area contributed by atoms with Crippen LogP contribution in [0, 0.1) is 5.82 Å². The molecule has 0 unspecified atom stereocenters. The Labute approximate surface area is 116 Å². The maximum absolute atomic E-state index is 13.4. The molecule has 0 saturated carbocycles. The third-order valence-corrected chi connectivity index (χ3v) is 2.75. The molecule has 104 valence electrons. The molecule has 0 aromatic heterocycles. The molecule has 0 radical (unpaired) electrons. The number of nitrogens with one attached hydrogen (secondary N) is 2. The van der Waals surface area contributed by atoms with E-state index >= 15 is 0 Å². The smallest absolute Gasteiger partial charge is 0.319 e. The highest BCUT2D eigenvalue weighted by molar-refractivity contribution is 5.89. The molecule has 0 spiro atoms. The summed E-state index contributed by atoms with van der Waals surface area (Å²) in [5.41, 5.74) is 0.804. The van der Waals surface area contributed by atoms with Crippen molar-refractivity contribution in [3.63, 3.8) is 0 Å². The molecule has 1 atom stereocenters. The molecule has 2 aromatic carbocycles. The summed E-state index contributed by atoms with van der Waals surface area (Å²) >= 11 is 0. The van der Waals surface area contributed by atoms with Crippen LogP contribution in [0.3, 0.4) is 0 Å². The first-order valence-electron chi connectivity index (χ1n) is 6.19. The van der Waals surface area contributed by atoms with E-state index in [-0.39, 0.29) is 12.1 Å². The lowest BCUT2D eigenvalue weighted by Gasteiger charge is -2.13. The quantitative estimate of drug-likeness (QED) is 0.802. The van der Waals surface area contributed by atoms with E-state index in [2.05, 4.69) is 10.6 Å². The molecular weight excluding hydrogens is 259 g/mol. The number of rotatable bonds is 4. The zero-order valence-corrected chi connectivity index (χ0v) is 10.7. The number of amides is 2. The Bertz CT molecular complexity index is 575. The molecule has 20 heavy (non-hydrogen) atoms. The van der Waals surface area contributed by atoms with Gasteiger partial charge in [-0.3, -0.25) is 0 Å². The molecule has 2 amide bonds. The van der Waals surface area contributed by atoms with Crippen LogP contribution in [0.15, 0.2) is 54.6 Å². The number of carbonyl (C=O) groups excluding carboxylic acids is 1. The molecule has 5 heteroatoms. The Balaban J connectivity index is 1.86. The lowest BCUT2D eigenvalue weighted by atomic mass is 10.1. The summed E-state index contributed by atoms with van der Waals surface area (Å²) in [5.74, 6) is -0.495. The van der Waals surface area contributed by atoms with E-state index in [0.717, 1.165) is 0 Å². The highest BCUT2D eigenvalue weighted by Gasteiger charge is 2.13. The van der Waals surface area contributed by atoms with E-state index in [1.54, 1.807) is 36.4 Å². The average Bonchev–Trinajstić information content (AvgIpc) is 2.46. The fourth-order valence-electron chi connectivity index (χ4n) is 1.74. The molecule has 0 aliphatic heterocycles. The molecule has 0 aliphatic carbocycles. The van der Waals surface area contributed by atoms with Crippen LogP contribution < -0.4 is 10.6 Å². The largest absolute Gasteiger partial charge is 0.386 e. The average molecular weight is 274 g/mol. The summed E-state index contributed by atoms with van der Waals surface area (Å²) < 4.78 is 13.4. The van der Waals surface area contributed by atoms with Crippen molar-refractivity contribution in [1.29, 1.82) is 0 Å². The number of aliphatic hydroxyl groups is 1. The minimum absolute atomic E-state index is 0.0698. The topological polar surface area (TPSA) is 61.4 Å². The van der Waals surface area contributed by atoms with Gasteiger partial charge in [0.15, 0.2) is 0 Å². The molecule has 4 nitrogen and oxygen atoms in total. The Morgan fingerprint density at radius 1 is 1.10 bits per heavy atom. The van der Waals surface area contributed by atoms with Crippen LogP contribution in [0.5, 0.6) is 0 Å². The van der Waals surface area contributed by atoms with Crippen molar-refractivity contribution in [3.05, 3.63) is 66.0 Å². The lowest BCUT2D eigenvalue weighted by molar-refractivity contribution is 0.170. The van der Waals surface area contributed by atoms with E-state index in [9.17, 15) is 14.3 Å². The van der Waals surface area contributed by atoms with Crippen molar-refractivity contribution in [3.8, 4) is 0 Å². The van der Waals surface area contributed by atoms with Crippen molar-refractivity contribution in [1.82, 2.24) is 5.32 Å². The molecule has 0 aliphatic rings. The summed E-state index contributed by atoms with van der Waals surface area (Å²) in [4.78, 5) is 11.6. The molecular formula is C15H15FN2O2. The number of aliphatic hydroxyl groups excluding tert-OH is 1. The van der Waals surface area contributed by atoms with Gasteiger partial charge in [0.2, 0.25) is 0 Å². The number of hydrogen-bond donors (Lipinski definition) is 3. The van der Waals surface area contributed by atoms with Crippen LogP contribution in [-0.2, 0) is 0 Å². The number of hydrogen-bond acceptors (Lipinski definition) is 2. The number of urea groups is 1. The van der Waals surface area contributed by atoms with Crippen molar-refractivity contribution in [2.45, 2.75) is 6.10 Å². The van der Waals surface area contributed by atoms with Crippen LogP contribution in [-0.4, -0.2) is 17.7 Å². The first-order chi connectivity index (χ1) is 9.66. The van der Waals surface area contributed by atoms with Crippen LogP contribution in [0.25, 0.3) is 0 Å². The van der Waals surface area contributed by atoms with Gasteiger partial charge in [0, 0.05) is 17.8 Å². The Hall–Kier alpha value is -2.40. The zero-order valence-electron chi connectivity index (χ0n) is 10.7. The molecule has 0 saturated heterocycles. The second-order valence-corrected chi connectivity index (χ2v) is 4.24. The highest BCUT2D eigenvalue weighted by atomic mass is 19.1. The van der Waals surface area contributed by atoms with Gasteiger partial charge in [-0.15, -0.1) is 0 Å². The van der Waals surface area contributed by atoms with Crippen molar-refractivity contribution in [2.75, 3.05) is 11.9 Å². The molecule has 3 N–H and O–H groups in total. The predicted molar refractivity (Wildman–Crippen MR) is 74.8 cm³/mol. The maximum atomic E-state index is 13.4. The van der Waals surface area contributed by atoms with Gasteiger partial charge in [-0.1, -0.05) is 36.4 Å². The predicted octanol–water partition coefficient (Wildman–Crippen LogP) is 2.68. The van der Waals surface area contributed by atoms with Crippen molar-refractivity contribution in [2.24, 2.45) is 0 Å². The van der Waals surface area contributed by atoms with Gasteiger partial charge in [-0.05, 0) is 18.2 Å². The second kappa shape index (κ2) is 6.68. The normalized spacial score (nSPS) is 11.7. The van der Waals surface area contributed by atoms with E-state index in [1.165, 1.54) is 12.1 Å². The van der Waals surface area contributed by atoms with E-state index in [0.29, 0.717) is 5.69 Å². The van der Waals surface area contributed by atoms with Crippen LogP contribution >= 0.6 is 0 Å². The molecule has 0 bridgehead atoms. The minimum atomic E-state index is -1.09. The molecule has 2 aromatic rings. The zero-order chi connectivity index (χ0) is 14.4. The summed E-state index contributed by atoms with van der Waals surface area (Å²) in [7, 11) is 0. The van der Waals surface area contributed by atoms with Gasteiger partial charge in [-0.2, -0.15) is 0 Å². The summed E-state index contributed by atoms with van der Waals surface area (Å²) in [6.07, 6.45) is -1.09. The van der Waals surface area contributed by atoms with Crippen molar-refractivity contribution >= 4 is 11.7 Å². The number of halogens is 1. The Morgan fingerprint density at radius 3 is 2.45 bits per heavy atom. The third-order valence-electron chi connectivity index (χ3n) is 2.75. The van der Waals surface area contributed by atoms with Gasteiger partial charge >= 0.3 is 6.03 Å². The lowest BCUT2D eigenvalue weighted by Crippen LogP contribution is -2.32. The first kappa shape index (κ1) is 14.0. The number of para-hydroxylation sites is 1. The van der Waals surface area contributed by atoms with Crippen LogP contribution in [0.1, 0.15) is 11.7 Å². The fraction of sp³-hybridized carbons (Fsp3) is 0.133. The summed E-state index contributed by atoms with van der Waals surface area (Å²) in [6.45, 7) is -0.0698. The first-order valence-corrected chi connectivity index (χ1v) is 6.19. The highest BCUT2D eigenvalue weighted by Crippen LogP contribution is 2.15. The van der Waals surface area contributed by atoms with Gasteiger partial charge in [0.25, 0.3) is 0 Å².